The first-order chi connectivity index (χ1) is 7.72. The summed E-state index contributed by atoms with van der Waals surface area (Å²) in [7, 11) is -3.68. The van der Waals surface area contributed by atoms with Gasteiger partial charge in [-0.3, -0.25) is 0 Å². The molecule has 0 aliphatic carbocycles. The van der Waals surface area contributed by atoms with E-state index in [0.29, 0.717) is 0 Å². The number of hydrogen-bond donors (Lipinski definition) is 1. The Kier molecular flexibility index (Phi) is 4.17. The van der Waals surface area contributed by atoms with Crippen LogP contribution >= 0.6 is 11.6 Å². The van der Waals surface area contributed by atoms with Crippen LogP contribution < -0.4 is 0 Å². The second-order valence-corrected chi connectivity index (χ2v) is 7.04. The Morgan fingerprint density at radius 1 is 1.53 bits per heavy atom. The molecule has 0 spiro atoms. The molecule has 0 fully saturated rings. The van der Waals surface area contributed by atoms with E-state index < -0.39 is 26.0 Å². The number of halogens is 2. The van der Waals surface area contributed by atoms with E-state index in [-0.39, 0.29) is 12.0 Å². The Morgan fingerprint density at radius 3 is 2.53 bits per heavy atom. The van der Waals surface area contributed by atoms with Gasteiger partial charge in [0, 0.05) is 6.26 Å². The molecule has 17 heavy (non-hydrogen) atoms. The number of alkyl halides is 1. The molecule has 0 radical (unpaired) electrons. The lowest BCUT2D eigenvalue weighted by Crippen LogP contribution is -2.37. The minimum Gasteiger partial charge on any atom is -0.385 e. The fourth-order valence-corrected chi connectivity index (χ4v) is 2.78. The third kappa shape index (κ3) is 2.78. The quantitative estimate of drug-likeness (QED) is 0.861. The number of aliphatic hydroxyl groups excluding tert-OH is 1. The molecule has 0 unspecified atom stereocenters. The highest BCUT2D eigenvalue weighted by Gasteiger charge is 2.44. The highest BCUT2D eigenvalue weighted by molar-refractivity contribution is 7.93. The molecule has 0 bridgehead atoms. The molecule has 1 rings (SSSR count). The third-order valence-electron chi connectivity index (χ3n) is 2.67. The fraction of sp³-hybridized carbons (Fsp3) is 0.455. The topological polar surface area (TPSA) is 54.4 Å². The van der Waals surface area contributed by atoms with Crippen LogP contribution in [0.1, 0.15) is 25.0 Å². The minimum absolute atomic E-state index is 0.0189. The van der Waals surface area contributed by atoms with E-state index in [9.17, 15) is 17.9 Å². The summed E-state index contributed by atoms with van der Waals surface area (Å²) < 4.78 is 34.4. The van der Waals surface area contributed by atoms with Crippen LogP contribution in [-0.4, -0.2) is 24.0 Å². The lowest BCUT2D eigenvalue weighted by atomic mass is 10.0. The van der Waals surface area contributed by atoms with Gasteiger partial charge in [-0.2, -0.15) is 0 Å². The van der Waals surface area contributed by atoms with Crippen molar-refractivity contribution >= 4 is 21.4 Å². The molecule has 2 atom stereocenters. The Labute approximate surface area is 105 Å². The number of sulfone groups is 1. The molecular formula is C11H14ClFO3S. The van der Waals surface area contributed by atoms with E-state index in [1.54, 1.807) is 6.92 Å². The van der Waals surface area contributed by atoms with Gasteiger partial charge in [0.15, 0.2) is 14.0 Å². The molecule has 0 aromatic heterocycles. The van der Waals surface area contributed by atoms with E-state index in [1.807, 2.05) is 0 Å². The molecule has 1 aromatic rings. The van der Waals surface area contributed by atoms with Gasteiger partial charge in [-0.15, -0.1) is 0 Å². The standard InChI is InChI=1S/C11H14ClFO3S/c1-3-11(12,17(2,15)16)10(14)8-5-4-6-9(13)7-8/h4-7,10,14H,3H2,1-2H3/t10-,11+/m1/s1. The van der Waals surface area contributed by atoms with E-state index in [1.165, 1.54) is 18.2 Å². The van der Waals surface area contributed by atoms with Crippen LogP contribution in [0.2, 0.25) is 0 Å². The zero-order valence-electron chi connectivity index (χ0n) is 9.52. The summed E-state index contributed by atoms with van der Waals surface area (Å²) >= 11 is 5.98. The van der Waals surface area contributed by atoms with Gasteiger partial charge in [0.25, 0.3) is 0 Å². The first-order valence-corrected chi connectivity index (χ1v) is 7.31. The molecule has 0 heterocycles. The summed E-state index contributed by atoms with van der Waals surface area (Å²) in [6.07, 6.45) is -0.503. The summed E-state index contributed by atoms with van der Waals surface area (Å²) in [5, 5.41) is 10.0. The number of aliphatic hydroxyl groups is 1. The fourth-order valence-electron chi connectivity index (χ4n) is 1.58. The molecular weight excluding hydrogens is 267 g/mol. The van der Waals surface area contributed by atoms with Crippen molar-refractivity contribution in [1.82, 2.24) is 0 Å². The van der Waals surface area contributed by atoms with E-state index in [0.717, 1.165) is 12.3 Å². The first-order valence-electron chi connectivity index (χ1n) is 5.04. The normalized spacial score (nSPS) is 17.5. The largest absolute Gasteiger partial charge is 0.385 e. The van der Waals surface area contributed by atoms with Gasteiger partial charge in [0.1, 0.15) is 11.9 Å². The van der Waals surface area contributed by atoms with Crippen LogP contribution in [-0.2, 0) is 9.84 Å². The number of rotatable bonds is 4. The number of benzene rings is 1. The minimum atomic E-state index is -3.68. The maximum absolute atomic E-state index is 13.0. The van der Waals surface area contributed by atoms with Crippen LogP contribution in [0.4, 0.5) is 4.39 Å². The Morgan fingerprint density at radius 2 is 2.12 bits per heavy atom. The lowest BCUT2D eigenvalue weighted by molar-refractivity contribution is 0.154. The molecule has 6 heteroatoms. The van der Waals surface area contributed by atoms with Gasteiger partial charge in [-0.1, -0.05) is 30.7 Å². The molecule has 3 nitrogen and oxygen atoms in total. The Bertz CT molecular complexity index is 503. The van der Waals surface area contributed by atoms with Gasteiger partial charge in [0.05, 0.1) is 0 Å². The van der Waals surface area contributed by atoms with Crippen LogP contribution in [0.3, 0.4) is 0 Å². The summed E-state index contributed by atoms with van der Waals surface area (Å²) in [6, 6.07) is 5.11. The average Bonchev–Trinajstić information content (AvgIpc) is 2.25. The summed E-state index contributed by atoms with van der Waals surface area (Å²) in [5.74, 6) is -0.551. The molecule has 0 saturated heterocycles. The van der Waals surface area contributed by atoms with Gasteiger partial charge >= 0.3 is 0 Å². The molecule has 0 amide bonds. The first kappa shape index (κ1) is 14.4. The zero-order valence-corrected chi connectivity index (χ0v) is 11.1. The lowest BCUT2D eigenvalue weighted by Gasteiger charge is -2.29. The summed E-state index contributed by atoms with van der Waals surface area (Å²) in [5.41, 5.74) is 0.146. The third-order valence-corrected chi connectivity index (χ3v) is 5.73. The summed E-state index contributed by atoms with van der Waals surface area (Å²) in [4.78, 5) is 0. The van der Waals surface area contributed by atoms with Gasteiger partial charge in [0.2, 0.25) is 0 Å². The van der Waals surface area contributed by atoms with Crippen LogP contribution in [0, 0.1) is 5.82 Å². The average molecular weight is 281 g/mol. The van der Waals surface area contributed by atoms with Crippen molar-refractivity contribution in [3.8, 4) is 0 Å². The predicted molar refractivity (Wildman–Crippen MR) is 65.1 cm³/mol. The van der Waals surface area contributed by atoms with Crippen molar-refractivity contribution in [2.24, 2.45) is 0 Å². The zero-order chi connectivity index (χ0) is 13.3. The van der Waals surface area contributed by atoms with Crippen LogP contribution in [0.25, 0.3) is 0 Å². The van der Waals surface area contributed by atoms with Crippen molar-refractivity contribution in [1.29, 1.82) is 0 Å². The molecule has 1 aromatic carbocycles. The van der Waals surface area contributed by atoms with Gasteiger partial charge < -0.3 is 5.11 Å². The highest BCUT2D eigenvalue weighted by atomic mass is 35.5. The van der Waals surface area contributed by atoms with Crippen LogP contribution in [0.15, 0.2) is 24.3 Å². The molecule has 0 aliphatic heterocycles. The number of hydrogen-bond acceptors (Lipinski definition) is 3. The second-order valence-electron chi connectivity index (χ2n) is 3.87. The maximum Gasteiger partial charge on any atom is 0.174 e. The molecule has 1 N–H and O–H groups in total. The molecule has 0 saturated carbocycles. The van der Waals surface area contributed by atoms with Crippen molar-refractivity contribution < 1.29 is 17.9 Å². The Balaban J connectivity index is 3.24. The van der Waals surface area contributed by atoms with Crippen molar-refractivity contribution in [2.75, 3.05) is 6.26 Å². The maximum atomic E-state index is 13.0. The summed E-state index contributed by atoms with van der Waals surface area (Å²) in [6.45, 7) is 1.55. The van der Waals surface area contributed by atoms with Gasteiger partial charge in [-0.05, 0) is 24.1 Å². The van der Waals surface area contributed by atoms with Gasteiger partial charge in [-0.25, -0.2) is 12.8 Å². The second kappa shape index (κ2) is 4.92. The van der Waals surface area contributed by atoms with Crippen molar-refractivity contribution in [3.63, 3.8) is 0 Å². The van der Waals surface area contributed by atoms with Crippen LogP contribution in [0.5, 0.6) is 0 Å². The predicted octanol–water partition coefficient (Wildman–Crippen LogP) is 2.25. The Hall–Kier alpha value is -0.650. The van der Waals surface area contributed by atoms with E-state index >= 15 is 0 Å². The molecule has 96 valence electrons. The van der Waals surface area contributed by atoms with Crippen molar-refractivity contribution in [3.05, 3.63) is 35.6 Å². The smallest absolute Gasteiger partial charge is 0.174 e. The van der Waals surface area contributed by atoms with Crippen molar-refractivity contribution in [2.45, 2.75) is 23.7 Å². The highest BCUT2D eigenvalue weighted by Crippen LogP contribution is 2.39. The SMILES string of the molecule is CC[C@@](Cl)([C@H](O)c1cccc(F)c1)S(C)(=O)=O. The monoisotopic (exact) mass is 280 g/mol. The van der Waals surface area contributed by atoms with E-state index in [4.69, 9.17) is 11.6 Å². The molecule has 0 aliphatic rings. The van der Waals surface area contributed by atoms with E-state index in [2.05, 4.69) is 0 Å².